The predicted octanol–water partition coefficient (Wildman–Crippen LogP) is 1.63. The third-order valence-electron chi connectivity index (χ3n) is 2.95. The van der Waals surface area contributed by atoms with E-state index >= 15 is 0 Å². The van der Waals surface area contributed by atoms with Gasteiger partial charge in [-0.05, 0) is 41.7 Å². The number of benzene rings is 1. The van der Waals surface area contributed by atoms with Crippen molar-refractivity contribution in [2.45, 2.75) is 18.9 Å². The van der Waals surface area contributed by atoms with Gasteiger partial charge in [-0.25, -0.2) is 0 Å². The van der Waals surface area contributed by atoms with Gasteiger partial charge in [0.05, 0.1) is 0 Å². The molecule has 4 nitrogen and oxygen atoms in total. The maximum absolute atomic E-state index is 10.7. The highest BCUT2D eigenvalue weighted by molar-refractivity contribution is 5.73. The second-order valence-electron chi connectivity index (χ2n) is 4.50. The van der Waals surface area contributed by atoms with Gasteiger partial charge in [0.1, 0.15) is 6.04 Å². The second-order valence-corrected chi connectivity index (χ2v) is 4.50. The number of carboxylic acids is 1. The third kappa shape index (κ3) is 3.89. The Hall–Kier alpha value is -2.20. The lowest BCUT2D eigenvalue weighted by Crippen LogP contribution is -2.32. The van der Waals surface area contributed by atoms with E-state index in [9.17, 15) is 4.79 Å². The number of carboxylic acid groups (broad SMARTS) is 1. The van der Waals surface area contributed by atoms with Crippen LogP contribution in [0.3, 0.4) is 0 Å². The summed E-state index contributed by atoms with van der Waals surface area (Å²) in [7, 11) is 0. The van der Waals surface area contributed by atoms with E-state index in [2.05, 4.69) is 4.98 Å². The van der Waals surface area contributed by atoms with Crippen LogP contribution >= 0.6 is 0 Å². The van der Waals surface area contributed by atoms with Gasteiger partial charge in [-0.2, -0.15) is 0 Å². The minimum Gasteiger partial charge on any atom is -0.480 e. The van der Waals surface area contributed by atoms with Crippen molar-refractivity contribution in [3.63, 3.8) is 0 Å². The fourth-order valence-corrected chi connectivity index (χ4v) is 1.87. The molecule has 19 heavy (non-hydrogen) atoms. The highest BCUT2D eigenvalue weighted by atomic mass is 16.4. The summed E-state index contributed by atoms with van der Waals surface area (Å²) in [6, 6.07) is 11.0. The van der Waals surface area contributed by atoms with Crippen molar-refractivity contribution >= 4 is 5.97 Å². The molecule has 0 aliphatic rings. The van der Waals surface area contributed by atoms with E-state index in [0.29, 0.717) is 6.42 Å². The zero-order valence-corrected chi connectivity index (χ0v) is 10.5. The minimum atomic E-state index is -0.971. The highest BCUT2D eigenvalue weighted by Crippen LogP contribution is 2.11. The van der Waals surface area contributed by atoms with E-state index in [1.165, 1.54) is 11.1 Å². The predicted molar refractivity (Wildman–Crippen MR) is 72.8 cm³/mol. The molecule has 0 radical (unpaired) electrons. The van der Waals surface area contributed by atoms with Crippen LogP contribution in [0.25, 0.3) is 0 Å². The largest absolute Gasteiger partial charge is 0.480 e. The lowest BCUT2D eigenvalue weighted by atomic mass is 10.0. The number of rotatable bonds is 5. The number of aliphatic carboxylic acids is 1. The summed E-state index contributed by atoms with van der Waals surface area (Å²) in [6.45, 7) is 0. The number of pyridine rings is 1. The molecule has 0 spiro atoms. The van der Waals surface area contributed by atoms with Crippen LogP contribution in [0.1, 0.15) is 16.7 Å². The molecule has 0 aliphatic carbocycles. The molecule has 0 aliphatic heterocycles. The normalized spacial score (nSPS) is 12.1. The number of hydrogen-bond donors (Lipinski definition) is 2. The van der Waals surface area contributed by atoms with Gasteiger partial charge in [0.15, 0.2) is 0 Å². The summed E-state index contributed by atoms with van der Waals surface area (Å²) in [5.74, 6) is -0.971. The van der Waals surface area contributed by atoms with Crippen molar-refractivity contribution in [1.82, 2.24) is 4.98 Å². The molecule has 4 heteroatoms. The van der Waals surface area contributed by atoms with Gasteiger partial charge in [-0.15, -0.1) is 0 Å². The van der Waals surface area contributed by atoms with Gasteiger partial charge < -0.3 is 10.8 Å². The topological polar surface area (TPSA) is 76.2 Å². The summed E-state index contributed by atoms with van der Waals surface area (Å²) in [5.41, 5.74) is 8.82. The first kappa shape index (κ1) is 13.2. The maximum atomic E-state index is 10.7. The van der Waals surface area contributed by atoms with E-state index in [-0.39, 0.29) is 0 Å². The summed E-state index contributed by atoms with van der Waals surface area (Å²) >= 11 is 0. The van der Waals surface area contributed by atoms with Gasteiger partial charge in [0, 0.05) is 12.4 Å². The summed E-state index contributed by atoms with van der Waals surface area (Å²) in [6.07, 6.45) is 4.74. The first-order valence-electron chi connectivity index (χ1n) is 6.10. The minimum absolute atomic E-state index is 0.352. The summed E-state index contributed by atoms with van der Waals surface area (Å²) in [5, 5.41) is 8.76. The van der Waals surface area contributed by atoms with Crippen LogP contribution in [-0.2, 0) is 17.6 Å². The number of nitrogens with two attached hydrogens (primary N) is 1. The molecule has 0 unspecified atom stereocenters. The molecule has 0 fully saturated rings. The van der Waals surface area contributed by atoms with Crippen molar-refractivity contribution in [3.05, 3.63) is 65.5 Å². The molecule has 98 valence electrons. The number of hydrogen-bond acceptors (Lipinski definition) is 3. The molecule has 2 aromatic rings. The van der Waals surface area contributed by atoms with Crippen LogP contribution in [0.2, 0.25) is 0 Å². The Morgan fingerprint density at radius 3 is 2.16 bits per heavy atom. The highest BCUT2D eigenvalue weighted by Gasteiger charge is 2.11. The Balaban J connectivity index is 2.01. The maximum Gasteiger partial charge on any atom is 0.320 e. The van der Waals surface area contributed by atoms with Crippen LogP contribution in [0.5, 0.6) is 0 Å². The quantitative estimate of drug-likeness (QED) is 0.852. The number of nitrogens with zero attached hydrogens (tertiary/aromatic N) is 1. The fourth-order valence-electron chi connectivity index (χ4n) is 1.87. The molecular formula is C15H16N2O2. The Morgan fingerprint density at radius 1 is 1.05 bits per heavy atom. The monoisotopic (exact) mass is 256 g/mol. The lowest BCUT2D eigenvalue weighted by molar-refractivity contribution is -0.138. The van der Waals surface area contributed by atoms with Gasteiger partial charge in [-0.1, -0.05) is 24.3 Å². The van der Waals surface area contributed by atoms with E-state index in [1.807, 2.05) is 36.4 Å². The molecule has 1 aromatic heterocycles. The van der Waals surface area contributed by atoms with Crippen molar-refractivity contribution in [2.24, 2.45) is 5.73 Å². The van der Waals surface area contributed by atoms with Gasteiger partial charge in [-0.3, -0.25) is 9.78 Å². The molecule has 1 aromatic carbocycles. The lowest BCUT2D eigenvalue weighted by Gasteiger charge is -2.07. The summed E-state index contributed by atoms with van der Waals surface area (Å²) < 4.78 is 0. The smallest absolute Gasteiger partial charge is 0.320 e. The second kappa shape index (κ2) is 6.11. The number of aromatic nitrogens is 1. The van der Waals surface area contributed by atoms with Crippen LogP contribution < -0.4 is 5.73 Å². The first-order chi connectivity index (χ1) is 9.15. The molecule has 1 heterocycles. The van der Waals surface area contributed by atoms with Gasteiger partial charge in [0.2, 0.25) is 0 Å². The van der Waals surface area contributed by atoms with E-state index < -0.39 is 12.0 Å². The van der Waals surface area contributed by atoms with Crippen LogP contribution in [0.15, 0.2) is 48.8 Å². The average molecular weight is 256 g/mol. The van der Waals surface area contributed by atoms with Crippen LogP contribution in [0, 0.1) is 0 Å². The molecule has 0 amide bonds. The van der Waals surface area contributed by atoms with Crippen molar-refractivity contribution in [3.8, 4) is 0 Å². The van der Waals surface area contributed by atoms with E-state index in [4.69, 9.17) is 10.8 Å². The number of carbonyl (C=O) groups is 1. The van der Waals surface area contributed by atoms with Gasteiger partial charge in [0.25, 0.3) is 0 Å². The van der Waals surface area contributed by atoms with Crippen LogP contribution in [0.4, 0.5) is 0 Å². The fraction of sp³-hybridized carbons (Fsp3) is 0.200. The van der Waals surface area contributed by atoms with Crippen LogP contribution in [-0.4, -0.2) is 22.1 Å². The molecule has 1 atom stereocenters. The zero-order valence-electron chi connectivity index (χ0n) is 10.5. The molecule has 3 N–H and O–H groups in total. The summed E-state index contributed by atoms with van der Waals surface area (Å²) in [4.78, 5) is 14.7. The standard InChI is InChI=1S/C15H16N2O2/c16-14(15(18)19)10-12-3-1-11(2-4-12)9-13-5-7-17-8-6-13/h1-8,14H,9-10,16H2,(H,18,19)/t14-/m0/s1. The molecule has 0 saturated heterocycles. The third-order valence-corrected chi connectivity index (χ3v) is 2.95. The van der Waals surface area contributed by atoms with Gasteiger partial charge >= 0.3 is 5.97 Å². The Bertz CT molecular complexity index is 538. The Morgan fingerprint density at radius 2 is 1.58 bits per heavy atom. The van der Waals surface area contributed by atoms with Crippen molar-refractivity contribution < 1.29 is 9.90 Å². The van der Waals surface area contributed by atoms with E-state index in [0.717, 1.165) is 12.0 Å². The zero-order chi connectivity index (χ0) is 13.7. The first-order valence-corrected chi connectivity index (χ1v) is 6.10. The molecular weight excluding hydrogens is 240 g/mol. The Kier molecular flexibility index (Phi) is 4.26. The molecule has 2 rings (SSSR count). The molecule has 0 saturated carbocycles. The average Bonchev–Trinajstić information content (AvgIpc) is 2.42. The SMILES string of the molecule is N[C@@H](Cc1ccc(Cc2ccncc2)cc1)C(=O)O. The van der Waals surface area contributed by atoms with Crippen molar-refractivity contribution in [2.75, 3.05) is 0 Å². The van der Waals surface area contributed by atoms with Crippen molar-refractivity contribution in [1.29, 1.82) is 0 Å². The van der Waals surface area contributed by atoms with E-state index in [1.54, 1.807) is 12.4 Å². The molecule has 0 bridgehead atoms. The Labute approximate surface area is 111 Å².